The summed E-state index contributed by atoms with van der Waals surface area (Å²) >= 11 is 0. The van der Waals surface area contributed by atoms with Gasteiger partial charge in [0.25, 0.3) is 5.91 Å². The Morgan fingerprint density at radius 2 is 1.74 bits per heavy atom. The number of carbonyl (C=O) groups is 2. The van der Waals surface area contributed by atoms with Gasteiger partial charge in [0.1, 0.15) is 0 Å². The molecule has 2 atom stereocenters. The number of benzene rings is 1. The summed E-state index contributed by atoms with van der Waals surface area (Å²) in [6, 6.07) is 7.28. The summed E-state index contributed by atoms with van der Waals surface area (Å²) in [6.07, 6.45) is 6.40. The van der Waals surface area contributed by atoms with Crippen LogP contribution >= 0.6 is 0 Å². The van der Waals surface area contributed by atoms with Crippen molar-refractivity contribution < 1.29 is 9.59 Å². The van der Waals surface area contributed by atoms with Gasteiger partial charge in [0.2, 0.25) is 5.91 Å². The minimum absolute atomic E-state index is 0.0598. The Morgan fingerprint density at radius 1 is 1.04 bits per heavy atom. The standard InChI is InChI=1S/C18H25N3O2/c19-11-14-3-1-2-4-16(14)21-18(23)13-7-9-15(10-8-13)20-17(22)12-5-6-12/h7-10,12,14,16H,1-6,11,19H2,(H,20,22)(H,21,23). The van der Waals surface area contributed by atoms with E-state index in [2.05, 4.69) is 10.6 Å². The summed E-state index contributed by atoms with van der Waals surface area (Å²) in [5.41, 5.74) is 7.18. The lowest BCUT2D eigenvalue weighted by Crippen LogP contribution is -2.44. The third-order valence-electron chi connectivity index (χ3n) is 4.89. The van der Waals surface area contributed by atoms with E-state index in [-0.39, 0.29) is 23.8 Å². The van der Waals surface area contributed by atoms with E-state index in [1.807, 2.05) is 0 Å². The molecule has 0 spiro atoms. The van der Waals surface area contributed by atoms with Gasteiger partial charge in [-0.1, -0.05) is 12.8 Å². The average molecular weight is 315 g/mol. The molecule has 0 radical (unpaired) electrons. The van der Waals surface area contributed by atoms with Crippen LogP contribution in [-0.4, -0.2) is 24.4 Å². The second-order valence-electron chi connectivity index (χ2n) is 6.70. The quantitative estimate of drug-likeness (QED) is 0.779. The van der Waals surface area contributed by atoms with E-state index in [4.69, 9.17) is 5.73 Å². The molecule has 0 saturated heterocycles. The van der Waals surface area contributed by atoms with E-state index >= 15 is 0 Å². The smallest absolute Gasteiger partial charge is 0.251 e. The molecule has 5 heteroatoms. The van der Waals surface area contributed by atoms with Crippen molar-refractivity contribution >= 4 is 17.5 Å². The Bertz CT molecular complexity index is 566. The summed E-state index contributed by atoms with van der Waals surface area (Å²) in [5, 5.41) is 6.00. The minimum atomic E-state index is -0.0598. The largest absolute Gasteiger partial charge is 0.349 e. The van der Waals surface area contributed by atoms with Gasteiger partial charge in [0, 0.05) is 23.2 Å². The second-order valence-corrected chi connectivity index (χ2v) is 6.70. The number of amides is 2. The van der Waals surface area contributed by atoms with Crippen molar-refractivity contribution in [2.75, 3.05) is 11.9 Å². The maximum absolute atomic E-state index is 12.4. The molecule has 2 fully saturated rings. The SMILES string of the molecule is NCC1CCCCC1NC(=O)c1ccc(NC(=O)C2CC2)cc1. The van der Waals surface area contributed by atoms with Crippen LogP contribution in [0.5, 0.6) is 0 Å². The van der Waals surface area contributed by atoms with Crippen LogP contribution < -0.4 is 16.4 Å². The van der Waals surface area contributed by atoms with Crippen molar-refractivity contribution in [3.8, 4) is 0 Å². The summed E-state index contributed by atoms with van der Waals surface area (Å²) in [7, 11) is 0. The molecule has 2 saturated carbocycles. The molecular weight excluding hydrogens is 290 g/mol. The fourth-order valence-electron chi connectivity index (χ4n) is 3.23. The summed E-state index contributed by atoms with van der Waals surface area (Å²) in [4.78, 5) is 24.1. The average Bonchev–Trinajstić information content (AvgIpc) is 3.41. The zero-order valence-corrected chi connectivity index (χ0v) is 13.4. The molecule has 5 nitrogen and oxygen atoms in total. The minimum Gasteiger partial charge on any atom is -0.349 e. The summed E-state index contributed by atoms with van der Waals surface area (Å²) < 4.78 is 0. The lowest BCUT2D eigenvalue weighted by molar-refractivity contribution is -0.117. The van der Waals surface area contributed by atoms with Gasteiger partial charge in [-0.25, -0.2) is 0 Å². The Morgan fingerprint density at radius 3 is 2.39 bits per heavy atom. The molecule has 0 heterocycles. The number of rotatable bonds is 5. The molecule has 0 aliphatic heterocycles. The van der Waals surface area contributed by atoms with E-state index < -0.39 is 0 Å². The van der Waals surface area contributed by atoms with Crippen LogP contribution in [0, 0.1) is 11.8 Å². The Hall–Kier alpha value is -1.88. The normalized spacial score (nSPS) is 24.0. The zero-order valence-electron chi connectivity index (χ0n) is 13.4. The molecule has 1 aromatic rings. The number of anilines is 1. The van der Waals surface area contributed by atoms with Gasteiger partial charge in [-0.05, 0) is 62.4 Å². The van der Waals surface area contributed by atoms with Gasteiger partial charge in [0.05, 0.1) is 0 Å². The fourth-order valence-corrected chi connectivity index (χ4v) is 3.23. The molecule has 0 aromatic heterocycles. The van der Waals surface area contributed by atoms with Crippen LogP contribution in [0.4, 0.5) is 5.69 Å². The van der Waals surface area contributed by atoms with E-state index in [1.54, 1.807) is 24.3 Å². The zero-order chi connectivity index (χ0) is 16.2. The highest BCUT2D eigenvalue weighted by Gasteiger charge is 2.29. The molecular formula is C18H25N3O2. The monoisotopic (exact) mass is 315 g/mol. The first-order chi connectivity index (χ1) is 11.2. The number of hydrogen-bond donors (Lipinski definition) is 3. The van der Waals surface area contributed by atoms with Crippen molar-refractivity contribution in [2.24, 2.45) is 17.6 Å². The molecule has 124 valence electrons. The maximum atomic E-state index is 12.4. The van der Waals surface area contributed by atoms with Gasteiger partial charge >= 0.3 is 0 Å². The predicted octanol–water partition coefficient (Wildman–Crippen LogP) is 2.28. The van der Waals surface area contributed by atoms with Crippen molar-refractivity contribution in [1.29, 1.82) is 0 Å². The van der Waals surface area contributed by atoms with Gasteiger partial charge in [-0.3, -0.25) is 9.59 Å². The summed E-state index contributed by atoms with van der Waals surface area (Å²) in [6.45, 7) is 0.622. The second kappa shape index (κ2) is 7.13. The number of hydrogen-bond acceptors (Lipinski definition) is 3. The van der Waals surface area contributed by atoms with Crippen molar-refractivity contribution in [3.63, 3.8) is 0 Å². The first-order valence-corrected chi connectivity index (χ1v) is 8.59. The molecule has 4 N–H and O–H groups in total. The first kappa shape index (κ1) is 16.0. The number of nitrogens with one attached hydrogen (secondary N) is 2. The van der Waals surface area contributed by atoms with E-state index in [0.717, 1.165) is 37.8 Å². The van der Waals surface area contributed by atoms with Crippen LogP contribution in [0.25, 0.3) is 0 Å². The Balaban J connectivity index is 1.57. The molecule has 23 heavy (non-hydrogen) atoms. The van der Waals surface area contributed by atoms with Crippen LogP contribution in [-0.2, 0) is 4.79 Å². The Kier molecular flexibility index (Phi) is 4.96. The molecule has 0 bridgehead atoms. The molecule has 2 aliphatic carbocycles. The fraction of sp³-hybridized carbons (Fsp3) is 0.556. The molecule has 2 unspecified atom stereocenters. The van der Waals surface area contributed by atoms with Crippen molar-refractivity contribution in [1.82, 2.24) is 5.32 Å². The molecule has 1 aromatic carbocycles. The lowest BCUT2D eigenvalue weighted by atomic mass is 9.84. The first-order valence-electron chi connectivity index (χ1n) is 8.59. The van der Waals surface area contributed by atoms with Gasteiger partial charge in [-0.2, -0.15) is 0 Å². The van der Waals surface area contributed by atoms with E-state index in [0.29, 0.717) is 18.0 Å². The van der Waals surface area contributed by atoms with Crippen LogP contribution in [0.1, 0.15) is 48.9 Å². The van der Waals surface area contributed by atoms with Gasteiger partial charge in [0.15, 0.2) is 0 Å². The highest BCUT2D eigenvalue weighted by Crippen LogP contribution is 2.30. The molecule has 3 rings (SSSR count). The van der Waals surface area contributed by atoms with Crippen LogP contribution in [0.2, 0.25) is 0 Å². The van der Waals surface area contributed by atoms with E-state index in [1.165, 1.54) is 6.42 Å². The van der Waals surface area contributed by atoms with E-state index in [9.17, 15) is 9.59 Å². The Labute approximate surface area is 137 Å². The van der Waals surface area contributed by atoms with Crippen LogP contribution in [0.3, 0.4) is 0 Å². The van der Waals surface area contributed by atoms with Gasteiger partial charge in [-0.15, -0.1) is 0 Å². The highest BCUT2D eigenvalue weighted by molar-refractivity contribution is 5.96. The predicted molar refractivity (Wildman–Crippen MR) is 90.1 cm³/mol. The third kappa shape index (κ3) is 4.10. The van der Waals surface area contributed by atoms with Crippen molar-refractivity contribution in [3.05, 3.63) is 29.8 Å². The molecule has 2 aliphatic rings. The van der Waals surface area contributed by atoms with Crippen LogP contribution in [0.15, 0.2) is 24.3 Å². The highest BCUT2D eigenvalue weighted by atomic mass is 16.2. The summed E-state index contributed by atoms with van der Waals surface area (Å²) in [5.74, 6) is 0.577. The maximum Gasteiger partial charge on any atom is 0.251 e. The van der Waals surface area contributed by atoms with Gasteiger partial charge < -0.3 is 16.4 Å². The third-order valence-corrected chi connectivity index (χ3v) is 4.89. The lowest BCUT2D eigenvalue weighted by Gasteiger charge is -2.31. The molecule has 2 amide bonds. The topological polar surface area (TPSA) is 84.2 Å². The number of carbonyl (C=O) groups excluding carboxylic acids is 2. The number of nitrogens with two attached hydrogens (primary N) is 1. The van der Waals surface area contributed by atoms with Crippen molar-refractivity contribution in [2.45, 2.75) is 44.6 Å².